The van der Waals surface area contributed by atoms with Gasteiger partial charge in [-0.1, -0.05) is 32.9 Å². The molecule has 2 amide bonds. The van der Waals surface area contributed by atoms with E-state index in [2.05, 4.69) is 0 Å². The van der Waals surface area contributed by atoms with E-state index in [1.165, 1.54) is 17.0 Å². The molecule has 2 aromatic rings. The van der Waals surface area contributed by atoms with Crippen LogP contribution in [0.1, 0.15) is 49.4 Å². The Balaban J connectivity index is 2.23. The predicted octanol–water partition coefficient (Wildman–Crippen LogP) is 5.01. The number of benzene rings is 1. The second-order valence-electron chi connectivity index (χ2n) is 7.77. The Kier molecular flexibility index (Phi) is 8.38. The summed E-state index contributed by atoms with van der Waals surface area (Å²) in [5.74, 6) is -0.579. The van der Waals surface area contributed by atoms with Crippen molar-refractivity contribution in [2.45, 2.75) is 60.2 Å². The number of hydrogen-bond acceptors (Lipinski definition) is 3. The van der Waals surface area contributed by atoms with Crippen molar-refractivity contribution in [1.82, 2.24) is 9.80 Å². The Hall–Kier alpha value is -2.21. The summed E-state index contributed by atoms with van der Waals surface area (Å²) in [6, 6.07) is 10.3. The molecule has 1 heterocycles. The van der Waals surface area contributed by atoms with E-state index in [-0.39, 0.29) is 36.1 Å². The van der Waals surface area contributed by atoms with Crippen LogP contribution >= 0.6 is 11.3 Å². The number of carbonyl (C=O) groups excluding carboxylic acids is 2. The van der Waals surface area contributed by atoms with Crippen LogP contribution in [0.15, 0.2) is 36.4 Å². The molecule has 6 heteroatoms. The van der Waals surface area contributed by atoms with Crippen LogP contribution in [0.3, 0.4) is 0 Å². The number of nitrogens with zero attached hydrogens (tertiary/aromatic N) is 2. The number of thiophene rings is 1. The summed E-state index contributed by atoms with van der Waals surface area (Å²) in [5, 5.41) is 0. The Morgan fingerprint density at radius 1 is 1.03 bits per heavy atom. The number of rotatable bonds is 9. The third-order valence-corrected chi connectivity index (χ3v) is 5.97. The Morgan fingerprint density at radius 2 is 1.69 bits per heavy atom. The lowest BCUT2D eigenvalue weighted by Crippen LogP contribution is -2.47. The normalized spacial score (nSPS) is 12.1. The van der Waals surface area contributed by atoms with Crippen molar-refractivity contribution in [2.75, 3.05) is 6.54 Å². The maximum Gasteiger partial charge on any atom is 0.242 e. The van der Waals surface area contributed by atoms with Crippen molar-refractivity contribution in [3.8, 4) is 0 Å². The van der Waals surface area contributed by atoms with E-state index in [0.29, 0.717) is 13.1 Å². The Bertz CT molecular complexity index is 817. The smallest absolute Gasteiger partial charge is 0.242 e. The highest BCUT2D eigenvalue weighted by molar-refractivity contribution is 7.11. The molecule has 0 N–H and O–H groups in total. The summed E-state index contributed by atoms with van der Waals surface area (Å²) >= 11 is 1.65. The topological polar surface area (TPSA) is 40.6 Å². The zero-order valence-corrected chi connectivity index (χ0v) is 18.8. The molecule has 0 aliphatic heterocycles. The van der Waals surface area contributed by atoms with Crippen LogP contribution in [0.5, 0.6) is 0 Å². The maximum atomic E-state index is 13.3. The minimum atomic E-state index is -0.300. The molecule has 0 radical (unpaired) electrons. The highest BCUT2D eigenvalue weighted by Gasteiger charge is 2.26. The van der Waals surface area contributed by atoms with Crippen LogP contribution in [-0.4, -0.2) is 34.2 Å². The van der Waals surface area contributed by atoms with Crippen molar-refractivity contribution < 1.29 is 14.0 Å². The molecule has 0 fully saturated rings. The average Bonchev–Trinajstić information content (AvgIpc) is 3.10. The second-order valence-corrected chi connectivity index (χ2v) is 9.14. The highest BCUT2D eigenvalue weighted by Crippen LogP contribution is 2.20. The van der Waals surface area contributed by atoms with E-state index in [4.69, 9.17) is 0 Å². The largest absolute Gasteiger partial charge is 0.332 e. The summed E-state index contributed by atoms with van der Waals surface area (Å²) in [5.41, 5.74) is 0.860. The number of aryl methyl sites for hydroxylation is 1. The van der Waals surface area contributed by atoms with Crippen LogP contribution in [0.2, 0.25) is 0 Å². The molecule has 4 nitrogen and oxygen atoms in total. The molecule has 0 unspecified atom stereocenters. The zero-order chi connectivity index (χ0) is 21.6. The second kappa shape index (κ2) is 10.5. The molecular formula is C23H31FN2O2S. The van der Waals surface area contributed by atoms with Gasteiger partial charge in [0, 0.05) is 28.3 Å². The van der Waals surface area contributed by atoms with Crippen molar-refractivity contribution in [3.63, 3.8) is 0 Å². The van der Waals surface area contributed by atoms with Crippen molar-refractivity contribution in [2.24, 2.45) is 5.92 Å². The Morgan fingerprint density at radius 3 is 2.21 bits per heavy atom. The fourth-order valence-electron chi connectivity index (χ4n) is 3.05. The first-order valence-corrected chi connectivity index (χ1v) is 10.9. The summed E-state index contributed by atoms with van der Waals surface area (Å²) < 4.78 is 13.3. The molecule has 158 valence electrons. The summed E-state index contributed by atoms with van der Waals surface area (Å²) in [6.07, 6.45) is 0.786. The fraction of sp³-hybridized carbons (Fsp3) is 0.478. The number of carbonyl (C=O) groups is 2. The van der Waals surface area contributed by atoms with Gasteiger partial charge in [-0.3, -0.25) is 9.59 Å². The molecular weight excluding hydrogens is 387 g/mol. The van der Waals surface area contributed by atoms with E-state index in [0.717, 1.165) is 16.9 Å². The van der Waals surface area contributed by atoms with E-state index >= 15 is 0 Å². The first-order valence-electron chi connectivity index (χ1n) is 10.1. The molecule has 2 rings (SSSR count). The zero-order valence-electron chi connectivity index (χ0n) is 17.9. The first kappa shape index (κ1) is 23.1. The number of amides is 2. The molecule has 0 bridgehead atoms. The van der Waals surface area contributed by atoms with Crippen LogP contribution in [0.25, 0.3) is 0 Å². The van der Waals surface area contributed by atoms with E-state index in [1.54, 1.807) is 33.3 Å². The summed E-state index contributed by atoms with van der Waals surface area (Å²) in [6.45, 7) is 10.6. The first-order chi connectivity index (χ1) is 13.7. The third-order valence-electron chi connectivity index (χ3n) is 4.99. The fourth-order valence-corrected chi connectivity index (χ4v) is 3.96. The molecule has 1 aromatic heterocycles. The van der Waals surface area contributed by atoms with Crippen LogP contribution < -0.4 is 0 Å². The minimum Gasteiger partial charge on any atom is -0.332 e. The third kappa shape index (κ3) is 6.67. The predicted molar refractivity (Wildman–Crippen MR) is 116 cm³/mol. The standard InChI is InChI=1S/C23H31FN2O2S/c1-6-17(4)26(23(28)16(2)3)15-22(27)25(14-21-12-7-18(5)29-21)13-19-8-10-20(24)11-9-19/h7-12,16-17H,6,13-15H2,1-5H3/t17-/m0/s1. The highest BCUT2D eigenvalue weighted by atomic mass is 32.1. The van der Waals surface area contributed by atoms with Gasteiger partial charge in [-0.15, -0.1) is 11.3 Å². The lowest BCUT2D eigenvalue weighted by molar-refractivity contribution is -0.144. The van der Waals surface area contributed by atoms with Gasteiger partial charge < -0.3 is 9.80 Å². The quantitative estimate of drug-likeness (QED) is 0.574. The van der Waals surface area contributed by atoms with Gasteiger partial charge in [0.05, 0.1) is 6.54 Å². The molecule has 0 saturated carbocycles. The van der Waals surface area contributed by atoms with E-state index < -0.39 is 0 Å². The van der Waals surface area contributed by atoms with Gasteiger partial charge >= 0.3 is 0 Å². The van der Waals surface area contributed by atoms with Gasteiger partial charge in [0.1, 0.15) is 12.4 Å². The SMILES string of the molecule is CC[C@H](C)N(CC(=O)N(Cc1ccc(F)cc1)Cc1ccc(C)s1)C(=O)C(C)C. The average molecular weight is 419 g/mol. The molecule has 0 aliphatic carbocycles. The van der Waals surface area contributed by atoms with Crippen LogP contribution in [0.4, 0.5) is 4.39 Å². The lowest BCUT2D eigenvalue weighted by atomic mass is 10.1. The van der Waals surface area contributed by atoms with Gasteiger partial charge in [0.15, 0.2) is 0 Å². The molecule has 0 aliphatic rings. The van der Waals surface area contributed by atoms with Crippen molar-refractivity contribution >= 4 is 23.2 Å². The molecule has 29 heavy (non-hydrogen) atoms. The van der Waals surface area contributed by atoms with Gasteiger partial charge in [-0.2, -0.15) is 0 Å². The van der Waals surface area contributed by atoms with Crippen LogP contribution in [0, 0.1) is 18.7 Å². The van der Waals surface area contributed by atoms with Crippen molar-refractivity contribution in [3.05, 3.63) is 57.5 Å². The van der Waals surface area contributed by atoms with Gasteiger partial charge in [0.25, 0.3) is 0 Å². The summed E-state index contributed by atoms with van der Waals surface area (Å²) in [4.78, 5) is 31.6. The monoisotopic (exact) mass is 418 g/mol. The van der Waals surface area contributed by atoms with E-state index in [9.17, 15) is 14.0 Å². The molecule has 1 atom stereocenters. The van der Waals surface area contributed by atoms with E-state index in [1.807, 2.05) is 46.8 Å². The number of halogens is 1. The van der Waals surface area contributed by atoms with Gasteiger partial charge in [-0.05, 0) is 50.1 Å². The maximum absolute atomic E-state index is 13.3. The van der Waals surface area contributed by atoms with Gasteiger partial charge in [0.2, 0.25) is 11.8 Å². The summed E-state index contributed by atoms with van der Waals surface area (Å²) in [7, 11) is 0. The molecule has 0 saturated heterocycles. The van der Waals surface area contributed by atoms with Crippen molar-refractivity contribution in [1.29, 1.82) is 0 Å². The minimum absolute atomic E-state index is 0.00879. The van der Waals surface area contributed by atoms with Gasteiger partial charge in [-0.25, -0.2) is 4.39 Å². The molecule has 0 spiro atoms. The molecule has 1 aromatic carbocycles. The number of hydrogen-bond donors (Lipinski definition) is 0. The lowest BCUT2D eigenvalue weighted by Gasteiger charge is -2.32. The van der Waals surface area contributed by atoms with Crippen LogP contribution in [-0.2, 0) is 22.7 Å². The Labute approximate surface area is 177 Å².